The highest BCUT2D eigenvalue weighted by atomic mass is 32.2. The number of anilines is 1. The van der Waals surface area contributed by atoms with Gasteiger partial charge in [-0.2, -0.15) is 0 Å². The van der Waals surface area contributed by atoms with E-state index in [4.69, 9.17) is 0 Å². The molecule has 136 valence electrons. The summed E-state index contributed by atoms with van der Waals surface area (Å²) < 4.78 is 0. The predicted molar refractivity (Wildman–Crippen MR) is 107 cm³/mol. The topological polar surface area (TPSA) is 49.4 Å². The van der Waals surface area contributed by atoms with Crippen LogP contribution in [0.2, 0.25) is 0 Å². The summed E-state index contributed by atoms with van der Waals surface area (Å²) in [6.07, 6.45) is 4.85. The zero-order valence-corrected chi connectivity index (χ0v) is 16.0. The molecule has 2 aromatic rings. The number of nitrogens with zero attached hydrogens (tertiary/aromatic N) is 1. The highest BCUT2D eigenvalue weighted by Crippen LogP contribution is 2.32. The van der Waals surface area contributed by atoms with E-state index < -0.39 is 0 Å². The molecule has 2 amide bonds. The maximum absolute atomic E-state index is 12.9. The van der Waals surface area contributed by atoms with Crippen molar-refractivity contribution in [1.29, 1.82) is 0 Å². The molecule has 0 aliphatic heterocycles. The van der Waals surface area contributed by atoms with E-state index in [0.29, 0.717) is 0 Å². The number of thioether (sulfide) groups is 1. The van der Waals surface area contributed by atoms with Crippen LogP contribution in [0.4, 0.5) is 5.69 Å². The number of likely N-dealkylation sites (N-methyl/N-ethyl adjacent to an activating group) is 1. The molecule has 0 saturated heterocycles. The maximum Gasteiger partial charge on any atom is 0.244 e. The Morgan fingerprint density at radius 3 is 2.69 bits per heavy atom. The molecule has 1 aliphatic carbocycles. The van der Waals surface area contributed by atoms with Crippen molar-refractivity contribution in [1.82, 2.24) is 4.90 Å². The molecule has 0 radical (unpaired) electrons. The molecule has 4 nitrogen and oxygen atoms in total. The minimum absolute atomic E-state index is 0.0189. The summed E-state index contributed by atoms with van der Waals surface area (Å²) >= 11 is 1.58. The van der Waals surface area contributed by atoms with E-state index in [9.17, 15) is 9.59 Å². The van der Waals surface area contributed by atoms with Crippen LogP contribution >= 0.6 is 11.8 Å². The summed E-state index contributed by atoms with van der Waals surface area (Å²) in [5.41, 5.74) is 3.15. The molecule has 0 aromatic heterocycles. The third-order valence-electron chi connectivity index (χ3n) is 4.81. The lowest BCUT2D eigenvalue weighted by Crippen LogP contribution is -2.38. The lowest BCUT2D eigenvalue weighted by atomic mass is 9.82. The summed E-state index contributed by atoms with van der Waals surface area (Å²) in [4.78, 5) is 27.9. The number of hydrogen-bond donors (Lipinski definition) is 1. The number of amides is 2. The van der Waals surface area contributed by atoms with E-state index in [1.165, 1.54) is 5.56 Å². The molecule has 3 rings (SSSR count). The largest absolute Gasteiger partial charge is 0.336 e. The van der Waals surface area contributed by atoms with Crippen molar-refractivity contribution < 1.29 is 9.59 Å². The van der Waals surface area contributed by atoms with E-state index in [1.54, 1.807) is 23.7 Å². The first kappa shape index (κ1) is 18.5. The van der Waals surface area contributed by atoms with Gasteiger partial charge in [0.15, 0.2) is 0 Å². The lowest BCUT2D eigenvalue weighted by molar-refractivity contribution is -0.134. The van der Waals surface area contributed by atoms with Gasteiger partial charge >= 0.3 is 0 Å². The summed E-state index contributed by atoms with van der Waals surface area (Å²) in [6, 6.07) is 15.8. The van der Waals surface area contributed by atoms with Gasteiger partial charge in [-0.05, 0) is 48.8 Å². The smallest absolute Gasteiger partial charge is 0.244 e. The van der Waals surface area contributed by atoms with Crippen molar-refractivity contribution in [3.05, 3.63) is 59.7 Å². The van der Waals surface area contributed by atoms with Crippen LogP contribution in [0.1, 0.15) is 29.9 Å². The number of aryl methyl sites for hydroxylation is 1. The van der Waals surface area contributed by atoms with Crippen molar-refractivity contribution >= 4 is 29.3 Å². The summed E-state index contributed by atoms with van der Waals surface area (Å²) in [6.45, 7) is 0.0558. The number of nitrogens with one attached hydrogen (secondary N) is 1. The second-order valence-corrected chi connectivity index (χ2v) is 7.43. The zero-order valence-electron chi connectivity index (χ0n) is 15.2. The molecule has 1 unspecified atom stereocenters. The van der Waals surface area contributed by atoms with Gasteiger partial charge in [0.25, 0.3) is 0 Å². The Kier molecular flexibility index (Phi) is 5.99. The standard InChI is InChI=1S/C21H24N2O2S/c1-23(14-20(24)22-18-12-5-6-13-19(18)26-2)21(25)17-11-7-9-15-8-3-4-10-16(15)17/h3-6,8,10,12-13,17H,7,9,11,14H2,1-2H3,(H,22,24). The van der Waals surface area contributed by atoms with Crippen molar-refractivity contribution in [2.45, 2.75) is 30.1 Å². The fourth-order valence-electron chi connectivity index (χ4n) is 3.51. The molecule has 0 heterocycles. The lowest BCUT2D eigenvalue weighted by Gasteiger charge is -2.28. The summed E-state index contributed by atoms with van der Waals surface area (Å²) in [5, 5.41) is 2.92. The van der Waals surface area contributed by atoms with Gasteiger partial charge < -0.3 is 10.2 Å². The van der Waals surface area contributed by atoms with E-state index in [1.807, 2.05) is 48.7 Å². The fraction of sp³-hybridized carbons (Fsp3) is 0.333. The Labute approximate surface area is 159 Å². The minimum Gasteiger partial charge on any atom is -0.336 e. The number of rotatable bonds is 5. The maximum atomic E-state index is 12.9. The van der Waals surface area contributed by atoms with Crippen molar-refractivity contribution in [3.8, 4) is 0 Å². The number of hydrogen-bond acceptors (Lipinski definition) is 3. The number of para-hydroxylation sites is 1. The Morgan fingerprint density at radius 2 is 1.88 bits per heavy atom. The Hall–Kier alpha value is -2.27. The SMILES string of the molecule is CSc1ccccc1NC(=O)CN(C)C(=O)C1CCCc2ccccc21. The monoisotopic (exact) mass is 368 g/mol. The van der Waals surface area contributed by atoms with Crippen LogP contribution in [0.15, 0.2) is 53.4 Å². The van der Waals surface area contributed by atoms with Gasteiger partial charge in [-0.15, -0.1) is 11.8 Å². The van der Waals surface area contributed by atoms with Gasteiger partial charge in [-0.3, -0.25) is 9.59 Å². The Morgan fingerprint density at radius 1 is 1.15 bits per heavy atom. The molecular formula is C21H24N2O2S. The van der Waals surface area contributed by atoms with Crippen LogP contribution < -0.4 is 5.32 Å². The molecule has 1 atom stereocenters. The molecule has 1 aliphatic rings. The number of carbonyl (C=O) groups is 2. The molecule has 5 heteroatoms. The van der Waals surface area contributed by atoms with Crippen molar-refractivity contribution in [2.75, 3.05) is 25.2 Å². The minimum atomic E-state index is -0.175. The van der Waals surface area contributed by atoms with Gasteiger partial charge in [0.1, 0.15) is 0 Å². The molecule has 2 aromatic carbocycles. The highest BCUT2D eigenvalue weighted by molar-refractivity contribution is 7.98. The average Bonchev–Trinajstić information content (AvgIpc) is 2.67. The first-order chi connectivity index (χ1) is 12.6. The Balaban J connectivity index is 1.65. The highest BCUT2D eigenvalue weighted by Gasteiger charge is 2.29. The van der Waals surface area contributed by atoms with E-state index in [0.717, 1.165) is 35.4 Å². The predicted octanol–water partition coefficient (Wildman–Crippen LogP) is 3.93. The quantitative estimate of drug-likeness (QED) is 0.814. The Bertz CT molecular complexity index is 806. The molecule has 0 spiro atoms. The second-order valence-electron chi connectivity index (χ2n) is 6.59. The van der Waals surface area contributed by atoms with E-state index in [-0.39, 0.29) is 24.3 Å². The number of benzene rings is 2. The first-order valence-corrected chi connectivity index (χ1v) is 10.1. The molecule has 0 fully saturated rings. The average molecular weight is 369 g/mol. The van der Waals surface area contributed by atoms with Gasteiger partial charge in [-0.1, -0.05) is 36.4 Å². The molecule has 26 heavy (non-hydrogen) atoms. The van der Waals surface area contributed by atoms with Crippen LogP contribution in [-0.2, 0) is 16.0 Å². The van der Waals surface area contributed by atoms with Crippen molar-refractivity contribution in [2.24, 2.45) is 0 Å². The number of fused-ring (bicyclic) bond motifs is 1. The van der Waals surface area contributed by atoms with Crippen LogP contribution in [-0.4, -0.2) is 36.6 Å². The zero-order chi connectivity index (χ0) is 18.5. The normalized spacial score (nSPS) is 15.8. The summed E-state index contributed by atoms with van der Waals surface area (Å²) in [7, 11) is 1.71. The molecular weight excluding hydrogens is 344 g/mol. The molecule has 0 bridgehead atoms. The van der Waals surface area contributed by atoms with Crippen LogP contribution in [0.3, 0.4) is 0 Å². The van der Waals surface area contributed by atoms with Gasteiger partial charge in [0.2, 0.25) is 11.8 Å². The van der Waals surface area contributed by atoms with Crippen LogP contribution in [0.25, 0.3) is 0 Å². The van der Waals surface area contributed by atoms with Crippen LogP contribution in [0.5, 0.6) is 0 Å². The molecule has 0 saturated carbocycles. The number of carbonyl (C=O) groups excluding carboxylic acids is 2. The fourth-order valence-corrected chi connectivity index (χ4v) is 4.06. The third kappa shape index (κ3) is 4.10. The molecule has 1 N–H and O–H groups in total. The van der Waals surface area contributed by atoms with Gasteiger partial charge in [-0.25, -0.2) is 0 Å². The first-order valence-electron chi connectivity index (χ1n) is 8.86. The van der Waals surface area contributed by atoms with Crippen LogP contribution in [0, 0.1) is 0 Å². The van der Waals surface area contributed by atoms with Gasteiger partial charge in [0, 0.05) is 11.9 Å². The van der Waals surface area contributed by atoms with Crippen molar-refractivity contribution in [3.63, 3.8) is 0 Å². The van der Waals surface area contributed by atoms with E-state index >= 15 is 0 Å². The van der Waals surface area contributed by atoms with Gasteiger partial charge in [0.05, 0.1) is 18.2 Å². The van der Waals surface area contributed by atoms with E-state index in [2.05, 4.69) is 11.4 Å². The second kappa shape index (κ2) is 8.41. The summed E-state index contributed by atoms with van der Waals surface area (Å²) in [5.74, 6) is -0.298. The third-order valence-corrected chi connectivity index (χ3v) is 5.60.